The van der Waals surface area contributed by atoms with Crippen molar-refractivity contribution in [2.45, 2.75) is 13.8 Å². The van der Waals surface area contributed by atoms with Gasteiger partial charge in [0.1, 0.15) is 5.75 Å². The van der Waals surface area contributed by atoms with Gasteiger partial charge in [-0.1, -0.05) is 12.1 Å². The molecule has 0 radical (unpaired) electrons. The number of rotatable bonds is 1. The molecule has 1 heterocycles. The van der Waals surface area contributed by atoms with Gasteiger partial charge in [0.2, 0.25) is 5.91 Å². The number of aromatic hydroxyl groups is 1. The molecule has 0 saturated heterocycles. The highest BCUT2D eigenvalue weighted by atomic mass is 16.3. The van der Waals surface area contributed by atoms with Gasteiger partial charge in [0.05, 0.1) is 6.20 Å². The van der Waals surface area contributed by atoms with Crippen molar-refractivity contribution < 1.29 is 9.90 Å². The lowest BCUT2D eigenvalue weighted by atomic mass is 10.1. The third-order valence-corrected chi connectivity index (χ3v) is 2.56. The molecule has 0 bridgehead atoms. The summed E-state index contributed by atoms with van der Waals surface area (Å²) in [6.07, 6.45) is 1.38. The minimum Gasteiger partial charge on any atom is -0.507 e. The van der Waals surface area contributed by atoms with Gasteiger partial charge in [-0.3, -0.25) is 9.59 Å². The average Bonchev–Trinajstić information content (AvgIpc) is 2.28. The summed E-state index contributed by atoms with van der Waals surface area (Å²) < 4.78 is 0.773. The second-order valence-electron chi connectivity index (χ2n) is 4.03. The van der Waals surface area contributed by atoms with E-state index in [2.05, 4.69) is 5.10 Å². The van der Waals surface area contributed by atoms with Crippen LogP contribution in [0.3, 0.4) is 0 Å². The second kappa shape index (κ2) is 4.44. The standard InChI is InChI=1S/C13H12N2O3/c1-8-3-4-11(12(17)5-8)10-6-13(18)15(9(2)16)14-7-10/h3-7,17H,1-2H3. The number of aromatic nitrogens is 2. The second-order valence-corrected chi connectivity index (χ2v) is 4.03. The van der Waals surface area contributed by atoms with Gasteiger partial charge in [-0.2, -0.15) is 9.78 Å². The lowest BCUT2D eigenvalue weighted by molar-refractivity contribution is 0.0915. The van der Waals surface area contributed by atoms with E-state index in [1.807, 2.05) is 13.0 Å². The zero-order chi connectivity index (χ0) is 13.3. The van der Waals surface area contributed by atoms with Gasteiger partial charge < -0.3 is 5.11 Å². The average molecular weight is 244 g/mol. The van der Waals surface area contributed by atoms with E-state index in [-0.39, 0.29) is 5.75 Å². The molecule has 0 spiro atoms. The van der Waals surface area contributed by atoms with Crippen LogP contribution in [0.1, 0.15) is 17.3 Å². The van der Waals surface area contributed by atoms with Crippen LogP contribution in [-0.4, -0.2) is 20.8 Å². The van der Waals surface area contributed by atoms with E-state index in [9.17, 15) is 14.7 Å². The summed E-state index contributed by atoms with van der Waals surface area (Å²) in [7, 11) is 0. The largest absolute Gasteiger partial charge is 0.507 e. The van der Waals surface area contributed by atoms with Crippen LogP contribution in [0.25, 0.3) is 11.1 Å². The Morgan fingerprint density at radius 1 is 1.33 bits per heavy atom. The van der Waals surface area contributed by atoms with Crippen LogP contribution in [0.2, 0.25) is 0 Å². The van der Waals surface area contributed by atoms with Gasteiger partial charge in [0, 0.05) is 24.1 Å². The molecule has 2 rings (SSSR count). The number of hydrogen-bond acceptors (Lipinski definition) is 4. The van der Waals surface area contributed by atoms with Gasteiger partial charge in [0.15, 0.2) is 0 Å². The summed E-state index contributed by atoms with van der Waals surface area (Å²) in [5.74, 6) is -0.364. The van der Waals surface area contributed by atoms with E-state index in [4.69, 9.17) is 0 Å². The third-order valence-electron chi connectivity index (χ3n) is 2.56. The van der Waals surface area contributed by atoms with Crippen molar-refractivity contribution in [1.82, 2.24) is 9.78 Å². The maximum atomic E-state index is 11.6. The molecule has 0 unspecified atom stereocenters. The molecule has 0 atom stereocenters. The van der Waals surface area contributed by atoms with Gasteiger partial charge in [-0.05, 0) is 18.6 Å². The minimum atomic E-state index is -0.514. The molecule has 1 aromatic carbocycles. The Balaban J connectivity index is 2.56. The minimum absolute atomic E-state index is 0.0803. The molecule has 0 aliphatic carbocycles. The molecule has 5 nitrogen and oxygen atoms in total. The summed E-state index contributed by atoms with van der Waals surface area (Å²) in [6, 6.07) is 6.41. The Bertz CT molecular complexity index is 674. The summed E-state index contributed by atoms with van der Waals surface area (Å²) in [5, 5.41) is 13.6. The van der Waals surface area contributed by atoms with E-state index >= 15 is 0 Å². The molecule has 2 aromatic rings. The highest BCUT2D eigenvalue weighted by Gasteiger charge is 2.08. The van der Waals surface area contributed by atoms with Gasteiger partial charge in [-0.25, -0.2) is 0 Å². The molecule has 5 heteroatoms. The fraction of sp³-hybridized carbons (Fsp3) is 0.154. The maximum Gasteiger partial charge on any atom is 0.274 e. The lowest BCUT2D eigenvalue weighted by Gasteiger charge is -2.06. The van der Waals surface area contributed by atoms with E-state index in [0.29, 0.717) is 11.1 Å². The molecule has 0 saturated carbocycles. The number of carbonyl (C=O) groups excluding carboxylic acids is 1. The van der Waals surface area contributed by atoms with Crippen molar-refractivity contribution in [3.05, 3.63) is 46.4 Å². The Hall–Kier alpha value is -2.43. The van der Waals surface area contributed by atoms with Crippen LogP contribution >= 0.6 is 0 Å². The molecule has 92 valence electrons. The molecule has 18 heavy (non-hydrogen) atoms. The van der Waals surface area contributed by atoms with E-state index in [1.165, 1.54) is 19.2 Å². The highest BCUT2D eigenvalue weighted by Crippen LogP contribution is 2.28. The molecule has 0 fully saturated rings. The summed E-state index contributed by atoms with van der Waals surface area (Å²) >= 11 is 0. The van der Waals surface area contributed by atoms with Gasteiger partial charge in [0.25, 0.3) is 5.56 Å². The third kappa shape index (κ3) is 2.15. The van der Waals surface area contributed by atoms with Crippen LogP contribution in [0.4, 0.5) is 0 Å². The Morgan fingerprint density at radius 3 is 2.61 bits per heavy atom. The fourth-order valence-corrected chi connectivity index (χ4v) is 1.68. The number of phenols is 1. The SMILES string of the molecule is CC(=O)n1ncc(-c2ccc(C)cc2O)cc1=O. The smallest absolute Gasteiger partial charge is 0.274 e. The number of carbonyl (C=O) groups is 1. The first-order valence-electron chi connectivity index (χ1n) is 5.39. The van der Waals surface area contributed by atoms with Crippen molar-refractivity contribution in [2.75, 3.05) is 0 Å². The quantitative estimate of drug-likeness (QED) is 0.826. The number of nitrogens with zero attached hydrogens (tertiary/aromatic N) is 2. The van der Waals surface area contributed by atoms with Crippen molar-refractivity contribution in [1.29, 1.82) is 0 Å². The first kappa shape index (κ1) is 12.0. The Kier molecular flexibility index (Phi) is 2.97. The first-order valence-corrected chi connectivity index (χ1v) is 5.39. The number of aryl methyl sites for hydroxylation is 1. The van der Waals surface area contributed by atoms with Gasteiger partial charge in [-0.15, -0.1) is 0 Å². The normalized spacial score (nSPS) is 10.3. The molecule has 0 amide bonds. The van der Waals surface area contributed by atoms with Crippen molar-refractivity contribution in [3.63, 3.8) is 0 Å². The van der Waals surface area contributed by atoms with Crippen molar-refractivity contribution in [2.24, 2.45) is 0 Å². The molecular weight excluding hydrogens is 232 g/mol. The summed E-state index contributed by atoms with van der Waals surface area (Å²) in [6.45, 7) is 3.12. The monoisotopic (exact) mass is 244 g/mol. The Morgan fingerprint density at radius 2 is 2.06 bits per heavy atom. The molecule has 0 aliphatic rings. The Labute approximate surface area is 103 Å². The van der Waals surface area contributed by atoms with Crippen LogP contribution in [-0.2, 0) is 0 Å². The topological polar surface area (TPSA) is 72.2 Å². The van der Waals surface area contributed by atoms with Crippen molar-refractivity contribution >= 4 is 5.91 Å². The van der Waals surface area contributed by atoms with Crippen molar-refractivity contribution in [3.8, 4) is 16.9 Å². The predicted octanol–water partition coefficient (Wildman–Crippen LogP) is 1.58. The predicted molar refractivity (Wildman–Crippen MR) is 66.6 cm³/mol. The molecule has 0 aliphatic heterocycles. The van der Waals surface area contributed by atoms with E-state index < -0.39 is 11.5 Å². The highest BCUT2D eigenvalue weighted by molar-refractivity contribution is 5.76. The zero-order valence-electron chi connectivity index (χ0n) is 10.0. The fourth-order valence-electron chi connectivity index (χ4n) is 1.68. The number of hydrogen-bond donors (Lipinski definition) is 1. The zero-order valence-corrected chi connectivity index (χ0v) is 10.0. The van der Waals surface area contributed by atoms with Crippen LogP contribution in [0.5, 0.6) is 5.75 Å². The van der Waals surface area contributed by atoms with Gasteiger partial charge >= 0.3 is 0 Å². The molecule has 1 aromatic heterocycles. The molecular formula is C13H12N2O3. The maximum absolute atomic E-state index is 11.6. The summed E-state index contributed by atoms with van der Waals surface area (Å²) in [4.78, 5) is 22.7. The number of phenolic OH excluding ortho intramolecular Hbond substituents is 1. The summed E-state index contributed by atoms with van der Waals surface area (Å²) in [5.41, 5.74) is 1.40. The van der Waals surface area contributed by atoms with E-state index in [0.717, 1.165) is 10.2 Å². The van der Waals surface area contributed by atoms with Crippen LogP contribution < -0.4 is 5.56 Å². The van der Waals surface area contributed by atoms with E-state index in [1.54, 1.807) is 12.1 Å². The molecule has 1 N–H and O–H groups in total. The number of benzene rings is 1. The first-order chi connectivity index (χ1) is 8.49. The van der Waals surface area contributed by atoms with Crippen LogP contribution in [0.15, 0.2) is 35.3 Å². The lowest BCUT2D eigenvalue weighted by Crippen LogP contribution is -2.26. The van der Waals surface area contributed by atoms with Crippen LogP contribution in [0, 0.1) is 6.92 Å².